The van der Waals surface area contributed by atoms with Gasteiger partial charge in [-0.3, -0.25) is 4.79 Å². The fourth-order valence-corrected chi connectivity index (χ4v) is 2.88. The molecule has 114 valence electrons. The Labute approximate surface area is 124 Å². The number of esters is 1. The first-order valence-corrected chi connectivity index (χ1v) is 7.23. The SMILES string of the molecule is COC(=O)c1ccc(NC(=O)C2(CN)CCCC2)c(C)c1. The van der Waals surface area contributed by atoms with Gasteiger partial charge in [-0.2, -0.15) is 0 Å². The van der Waals surface area contributed by atoms with Gasteiger partial charge in [0, 0.05) is 12.2 Å². The number of aryl methyl sites for hydroxylation is 1. The number of rotatable bonds is 4. The van der Waals surface area contributed by atoms with Gasteiger partial charge in [0.05, 0.1) is 18.1 Å². The van der Waals surface area contributed by atoms with Gasteiger partial charge in [-0.15, -0.1) is 0 Å². The second-order valence-corrected chi connectivity index (χ2v) is 5.67. The normalized spacial score (nSPS) is 16.5. The Hall–Kier alpha value is -1.88. The molecule has 0 saturated heterocycles. The number of ether oxygens (including phenoxy) is 1. The lowest BCUT2D eigenvalue weighted by Gasteiger charge is -2.26. The van der Waals surface area contributed by atoms with Crippen LogP contribution in [-0.4, -0.2) is 25.5 Å². The third-order valence-electron chi connectivity index (χ3n) is 4.33. The lowest BCUT2D eigenvalue weighted by atomic mass is 9.85. The second kappa shape index (κ2) is 6.26. The summed E-state index contributed by atoms with van der Waals surface area (Å²) in [6, 6.07) is 5.10. The number of methoxy groups -OCH3 is 1. The van der Waals surface area contributed by atoms with E-state index in [1.807, 2.05) is 6.92 Å². The van der Waals surface area contributed by atoms with Crippen LogP contribution in [0.4, 0.5) is 5.69 Å². The standard InChI is InChI=1S/C16H22N2O3/c1-11-9-12(14(19)21-2)5-6-13(11)18-15(20)16(10-17)7-3-4-8-16/h5-6,9H,3-4,7-8,10,17H2,1-2H3,(H,18,20). The molecule has 1 aliphatic rings. The molecule has 0 aromatic heterocycles. The van der Waals surface area contributed by atoms with E-state index in [4.69, 9.17) is 5.73 Å². The lowest BCUT2D eigenvalue weighted by Crippen LogP contribution is -2.40. The minimum Gasteiger partial charge on any atom is -0.465 e. The highest BCUT2D eigenvalue weighted by Gasteiger charge is 2.39. The number of benzene rings is 1. The predicted octanol–water partition coefficient (Wildman–Crippen LogP) is 2.24. The third kappa shape index (κ3) is 3.08. The van der Waals surface area contributed by atoms with E-state index >= 15 is 0 Å². The van der Waals surface area contributed by atoms with E-state index in [-0.39, 0.29) is 11.9 Å². The molecule has 5 nitrogen and oxygen atoms in total. The van der Waals surface area contributed by atoms with Crippen LogP contribution in [0, 0.1) is 12.3 Å². The molecule has 21 heavy (non-hydrogen) atoms. The van der Waals surface area contributed by atoms with Crippen molar-refractivity contribution in [2.45, 2.75) is 32.6 Å². The molecule has 1 aromatic carbocycles. The van der Waals surface area contributed by atoms with Crippen molar-refractivity contribution < 1.29 is 14.3 Å². The number of nitrogens with two attached hydrogens (primary N) is 1. The van der Waals surface area contributed by atoms with Crippen molar-refractivity contribution in [1.29, 1.82) is 0 Å². The first-order valence-electron chi connectivity index (χ1n) is 7.23. The Kier molecular flexibility index (Phi) is 4.63. The van der Waals surface area contributed by atoms with Gasteiger partial charge in [0.1, 0.15) is 0 Å². The summed E-state index contributed by atoms with van der Waals surface area (Å²) in [7, 11) is 1.35. The monoisotopic (exact) mass is 290 g/mol. The highest BCUT2D eigenvalue weighted by molar-refractivity contribution is 5.97. The van der Waals surface area contributed by atoms with Crippen LogP contribution in [0.5, 0.6) is 0 Å². The number of amides is 1. The molecule has 1 aromatic rings. The van der Waals surface area contributed by atoms with Gasteiger partial charge < -0.3 is 15.8 Å². The molecule has 1 fully saturated rings. The summed E-state index contributed by atoms with van der Waals surface area (Å²) in [6.45, 7) is 2.23. The number of carbonyl (C=O) groups excluding carboxylic acids is 2. The van der Waals surface area contributed by atoms with Crippen molar-refractivity contribution in [1.82, 2.24) is 0 Å². The molecule has 0 aliphatic heterocycles. The zero-order valence-electron chi connectivity index (χ0n) is 12.6. The predicted molar refractivity (Wildman–Crippen MR) is 81.1 cm³/mol. The molecule has 0 atom stereocenters. The topological polar surface area (TPSA) is 81.4 Å². The first-order chi connectivity index (χ1) is 10.0. The van der Waals surface area contributed by atoms with Crippen molar-refractivity contribution in [2.75, 3.05) is 19.0 Å². The van der Waals surface area contributed by atoms with Crippen LogP contribution < -0.4 is 11.1 Å². The summed E-state index contributed by atoms with van der Waals surface area (Å²) < 4.78 is 4.68. The first kappa shape index (κ1) is 15.5. The van der Waals surface area contributed by atoms with Gasteiger partial charge in [-0.05, 0) is 43.5 Å². The van der Waals surface area contributed by atoms with E-state index in [0.29, 0.717) is 17.8 Å². The van der Waals surface area contributed by atoms with Crippen LogP contribution >= 0.6 is 0 Å². The van der Waals surface area contributed by atoms with E-state index in [1.54, 1.807) is 18.2 Å². The largest absolute Gasteiger partial charge is 0.465 e. The van der Waals surface area contributed by atoms with Gasteiger partial charge in [-0.25, -0.2) is 4.79 Å². The Morgan fingerprint density at radius 3 is 2.52 bits per heavy atom. The highest BCUT2D eigenvalue weighted by Crippen LogP contribution is 2.38. The average molecular weight is 290 g/mol. The Balaban J connectivity index is 2.16. The van der Waals surface area contributed by atoms with Gasteiger partial charge >= 0.3 is 5.97 Å². The molecule has 3 N–H and O–H groups in total. The van der Waals surface area contributed by atoms with E-state index in [1.165, 1.54) is 7.11 Å². The molecule has 0 bridgehead atoms. The van der Waals surface area contributed by atoms with Crippen LogP contribution in [0.2, 0.25) is 0 Å². The van der Waals surface area contributed by atoms with Gasteiger partial charge in [0.15, 0.2) is 0 Å². The quantitative estimate of drug-likeness (QED) is 0.833. The zero-order valence-corrected chi connectivity index (χ0v) is 12.6. The minimum atomic E-state index is -0.437. The van der Waals surface area contributed by atoms with Crippen LogP contribution in [0.3, 0.4) is 0 Å². The van der Waals surface area contributed by atoms with Crippen molar-refractivity contribution in [2.24, 2.45) is 11.1 Å². The van der Waals surface area contributed by atoms with Crippen molar-refractivity contribution in [3.05, 3.63) is 29.3 Å². The maximum atomic E-state index is 12.5. The van der Waals surface area contributed by atoms with Crippen LogP contribution in [0.25, 0.3) is 0 Å². The maximum Gasteiger partial charge on any atom is 0.337 e. The second-order valence-electron chi connectivity index (χ2n) is 5.67. The highest BCUT2D eigenvalue weighted by atomic mass is 16.5. The van der Waals surface area contributed by atoms with E-state index < -0.39 is 5.41 Å². The maximum absolute atomic E-state index is 12.5. The smallest absolute Gasteiger partial charge is 0.337 e. The third-order valence-corrected chi connectivity index (χ3v) is 4.33. The number of anilines is 1. The fraction of sp³-hybridized carbons (Fsp3) is 0.500. The fourth-order valence-electron chi connectivity index (χ4n) is 2.88. The molecule has 2 rings (SSSR count). The average Bonchev–Trinajstić information content (AvgIpc) is 2.98. The molecule has 1 aliphatic carbocycles. The number of carbonyl (C=O) groups is 2. The molecule has 0 spiro atoms. The molecule has 0 heterocycles. The van der Waals surface area contributed by atoms with Gasteiger partial charge in [-0.1, -0.05) is 12.8 Å². The Morgan fingerprint density at radius 2 is 2.00 bits per heavy atom. The minimum absolute atomic E-state index is 0.0172. The summed E-state index contributed by atoms with van der Waals surface area (Å²) in [4.78, 5) is 24.0. The molecule has 1 amide bonds. The number of hydrogen-bond donors (Lipinski definition) is 2. The molecule has 1 saturated carbocycles. The Morgan fingerprint density at radius 1 is 1.33 bits per heavy atom. The van der Waals surface area contributed by atoms with E-state index in [0.717, 1.165) is 31.2 Å². The summed E-state index contributed by atoms with van der Waals surface area (Å²) in [5.74, 6) is -0.401. The summed E-state index contributed by atoms with van der Waals surface area (Å²) in [5.41, 5.74) is 7.40. The molecule has 0 unspecified atom stereocenters. The van der Waals surface area contributed by atoms with E-state index in [2.05, 4.69) is 10.1 Å². The van der Waals surface area contributed by atoms with Crippen molar-refractivity contribution >= 4 is 17.6 Å². The van der Waals surface area contributed by atoms with Crippen LogP contribution in [0.1, 0.15) is 41.6 Å². The van der Waals surface area contributed by atoms with Crippen molar-refractivity contribution in [3.63, 3.8) is 0 Å². The summed E-state index contributed by atoms with van der Waals surface area (Å²) in [5, 5.41) is 2.96. The number of hydrogen-bond acceptors (Lipinski definition) is 4. The summed E-state index contributed by atoms with van der Waals surface area (Å²) >= 11 is 0. The molecular formula is C16H22N2O3. The summed E-state index contributed by atoms with van der Waals surface area (Å²) in [6.07, 6.45) is 3.78. The molecule has 5 heteroatoms. The van der Waals surface area contributed by atoms with E-state index in [9.17, 15) is 9.59 Å². The molecule has 0 radical (unpaired) electrons. The Bertz CT molecular complexity index is 548. The molecular weight excluding hydrogens is 268 g/mol. The van der Waals surface area contributed by atoms with Crippen LogP contribution in [-0.2, 0) is 9.53 Å². The van der Waals surface area contributed by atoms with Crippen LogP contribution in [0.15, 0.2) is 18.2 Å². The van der Waals surface area contributed by atoms with Crippen molar-refractivity contribution in [3.8, 4) is 0 Å². The van der Waals surface area contributed by atoms with Gasteiger partial charge in [0.25, 0.3) is 0 Å². The lowest BCUT2D eigenvalue weighted by molar-refractivity contribution is -0.124. The number of nitrogens with one attached hydrogen (secondary N) is 1. The van der Waals surface area contributed by atoms with Gasteiger partial charge in [0.2, 0.25) is 5.91 Å². The zero-order chi connectivity index (χ0) is 15.5.